The number of benzene rings is 2. The summed E-state index contributed by atoms with van der Waals surface area (Å²) in [7, 11) is 0. The average molecular weight is 554 g/mol. The minimum Gasteiger partial charge on any atom is -0.489 e. The van der Waals surface area contributed by atoms with Crippen molar-refractivity contribution < 1.29 is 18.7 Å². The molecule has 0 N–H and O–H groups in total. The number of hydrogen-bond acceptors (Lipinski definition) is 5. The molecule has 1 saturated heterocycles. The lowest BCUT2D eigenvalue weighted by molar-refractivity contribution is 0.0517. The Balaban J connectivity index is 1.42. The lowest BCUT2D eigenvalue weighted by Crippen LogP contribution is -2.50. The van der Waals surface area contributed by atoms with E-state index >= 15 is 0 Å². The van der Waals surface area contributed by atoms with E-state index < -0.39 is 0 Å². The summed E-state index contributed by atoms with van der Waals surface area (Å²) in [6, 6.07) is 17.0. The van der Waals surface area contributed by atoms with Gasteiger partial charge in [-0.2, -0.15) is 0 Å². The molecule has 0 saturated carbocycles. The molecular weight excluding hydrogens is 522 g/mol. The second-order valence-corrected chi connectivity index (χ2v) is 9.64. The fourth-order valence-electron chi connectivity index (χ4n) is 4.35. The van der Waals surface area contributed by atoms with E-state index in [4.69, 9.17) is 9.15 Å². The van der Waals surface area contributed by atoms with Crippen LogP contribution in [0.4, 0.5) is 0 Å². The van der Waals surface area contributed by atoms with E-state index in [1.165, 1.54) is 6.26 Å². The maximum absolute atomic E-state index is 13.4. The van der Waals surface area contributed by atoms with Gasteiger partial charge in [-0.25, -0.2) is 0 Å². The van der Waals surface area contributed by atoms with Gasteiger partial charge in [0, 0.05) is 53.9 Å². The van der Waals surface area contributed by atoms with Crippen molar-refractivity contribution in [2.45, 2.75) is 27.0 Å². The molecule has 1 aliphatic heterocycles. The number of halogens is 1. The van der Waals surface area contributed by atoms with Crippen molar-refractivity contribution in [1.82, 2.24) is 14.7 Å². The number of hydrogen-bond donors (Lipinski definition) is 0. The van der Waals surface area contributed by atoms with Crippen LogP contribution < -0.4 is 4.74 Å². The van der Waals surface area contributed by atoms with Gasteiger partial charge in [0.2, 0.25) is 0 Å². The molecule has 4 rings (SSSR count). The number of piperazine rings is 1. The van der Waals surface area contributed by atoms with E-state index in [1.54, 1.807) is 21.9 Å². The van der Waals surface area contributed by atoms with E-state index in [0.29, 0.717) is 44.1 Å². The summed E-state index contributed by atoms with van der Waals surface area (Å²) in [4.78, 5) is 31.8. The highest BCUT2D eigenvalue weighted by atomic mass is 79.9. The van der Waals surface area contributed by atoms with E-state index in [1.807, 2.05) is 36.4 Å². The molecule has 0 radical (unpaired) electrons. The monoisotopic (exact) mass is 553 g/mol. The minimum atomic E-state index is -0.143. The van der Waals surface area contributed by atoms with Gasteiger partial charge >= 0.3 is 0 Å². The maximum Gasteiger partial charge on any atom is 0.289 e. The molecule has 0 atom stereocenters. The maximum atomic E-state index is 13.4. The zero-order valence-electron chi connectivity index (χ0n) is 20.8. The van der Waals surface area contributed by atoms with Crippen molar-refractivity contribution in [1.29, 1.82) is 0 Å². The minimum absolute atomic E-state index is 0.0431. The molecule has 8 heteroatoms. The highest BCUT2D eigenvalue weighted by Crippen LogP contribution is 2.26. The molecule has 36 heavy (non-hydrogen) atoms. The Kier molecular flexibility index (Phi) is 8.83. The highest BCUT2D eigenvalue weighted by molar-refractivity contribution is 9.10. The fourth-order valence-corrected chi connectivity index (χ4v) is 4.76. The third-order valence-corrected chi connectivity index (χ3v) is 7.02. The van der Waals surface area contributed by atoms with Crippen LogP contribution in [0.3, 0.4) is 0 Å². The second-order valence-electron chi connectivity index (χ2n) is 8.72. The quantitative estimate of drug-likeness (QED) is 0.370. The Bertz CT molecular complexity index is 1170. The summed E-state index contributed by atoms with van der Waals surface area (Å²) < 4.78 is 12.5. The molecule has 0 bridgehead atoms. The van der Waals surface area contributed by atoms with Gasteiger partial charge in [-0.15, -0.1) is 0 Å². The van der Waals surface area contributed by atoms with Crippen molar-refractivity contribution in [2.75, 3.05) is 39.3 Å². The van der Waals surface area contributed by atoms with Gasteiger partial charge in [0.1, 0.15) is 12.4 Å². The van der Waals surface area contributed by atoms with Gasteiger partial charge < -0.3 is 19.0 Å². The van der Waals surface area contributed by atoms with Crippen LogP contribution in [0.1, 0.15) is 45.9 Å². The molecule has 1 fully saturated rings. The first kappa shape index (κ1) is 26.0. The summed E-state index contributed by atoms with van der Waals surface area (Å²) in [5, 5.41) is 0. The molecule has 1 aromatic heterocycles. The molecule has 7 nitrogen and oxygen atoms in total. The van der Waals surface area contributed by atoms with Crippen LogP contribution in [0, 0.1) is 0 Å². The third kappa shape index (κ3) is 6.17. The van der Waals surface area contributed by atoms with Gasteiger partial charge in [0.05, 0.1) is 6.26 Å². The van der Waals surface area contributed by atoms with Crippen molar-refractivity contribution in [3.8, 4) is 5.75 Å². The molecule has 2 amide bonds. The zero-order chi connectivity index (χ0) is 25.5. The zero-order valence-corrected chi connectivity index (χ0v) is 22.4. The second kappa shape index (κ2) is 12.2. The Hall–Kier alpha value is -3.10. The number of carbonyl (C=O) groups is 2. The van der Waals surface area contributed by atoms with Crippen LogP contribution in [-0.4, -0.2) is 65.8 Å². The molecule has 2 aromatic carbocycles. The van der Waals surface area contributed by atoms with E-state index in [9.17, 15) is 9.59 Å². The summed E-state index contributed by atoms with van der Waals surface area (Å²) in [6.07, 6.45) is 1.49. The van der Waals surface area contributed by atoms with Gasteiger partial charge in [-0.3, -0.25) is 14.5 Å². The van der Waals surface area contributed by atoms with Crippen molar-refractivity contribution >= 4 is 27.7 Å². The Morgan fingerprint density at radius 1 is 0.917 bits per heavy atom. The normalized spacial score (nSPS) is 13.8. The SMILES string of the molecule is CCN(CC)Cc1cc(Br)ccc1OCc1ccccc1C(=O)N1CCN(C(=O)c2ccco2)CC1. The summed E-state index contributed by atoms with van der Waals surface area (Å²) in [5.41, 5.74) is 2.58. The van der Waals surface area contributed by atoms with Crippen molar-refractivity contribution in [2.24, 2.45) is 0 Å². The van der Waals surface area contributed by atoms with E-state index in [2.05, 4.69) is 40.7 Å². The van der Waals surface area contributed by atoms with Crippen molar-refractivity contribution in [3.05, 3.63) is 87.8 Å². The predicted molar refractivity (Wildman–Crippen MR) is 142 cm³/mol. The molecule has 0 unspecified atom stereocenters. The summed E-state index contributed by atoms with van der Waals surface area (Å²) in [6.45, 7) is 9.19. The fraction of sp³-hybridized carbons (Fsp3) is 0.357. The molecule has 190 valence electrons. The van der Waals surface area contributed by atoms with Crippen LogP contribution >= 0.6 is 15.9 Å². The third-order valence-electron chi connectivity index (χ3n) is 6.53. The first-order chi connectivity index (χ1) is 17.5. The number of ether oxygens (including phenoxy) is 1. The number of rotatable bonds is 9. The number of amides is 2. The number of carbonyl (C=O) groups excluding carboxylic acids is 2. The van der Waals surface area contributed by atoms with Crippen LogP contribution in [0.2, 0.25) is 0 Å². The molecule has 1 aliphatic rings. The summed E-state index contributed by atoms with van der Waals surface area (Å²) in [5.74, 6) is 0.956. The first-order valence-electron chi connectivity index (χ1n) is 12.3. The molecule has 0 aliphatic carbocycles. The Morgan fingerprint density at radius 3 is 2.28 bits per heavy atom. The summed E-state index contributed by atoms with van der Waals surface area (Å²) >= 11 is 3.57. The molecular formula is C28H32BrN3O4. The van der Waals surface area contributed by atoms with Gasteiger partial charge in [-0.1, -0.05) is 48.0 Å². The van der Waals surface area contributed by atoms with Crippen molar-refractivity contribution in [3.63, 3.8) is 0 Å². The largest absolute Gasteiger partial charge is 0.489 e. The van der Waals surface area contributed by atoms with Gasteiger partial charge in [0.25, 0.3) is 11.8 Å². The van der Waals surface area contributed by atoms with Gasteiger partial charge in [0.15, 0.2) is 5.76 Å². The van der Waals surface area contributed by atoms with Crippen LogP contribution in [0.15, 0.2) is 69.8 Å². The van der Waals surface area contributed by atoms with Gasteiger partial charge in [-0.05, 0) is 49.5 Å². The number of furan rings is 1. The Labute approximate surface area is 220 Å². The topological polar surface area (TPSA) is 66.2 Å². The molecule has 3 aromatic rings. The molecule has 0 spiro atoms. The van der Waals surface area contributed by atoms with Crippen LogP contribution in [0.5, 0.6) is 5.75 Å². The van der Waals surface area contributed by atoms with E-state index in [-0.39, 0.29) is 11.8 Å². The Morgan fingerprint density at radius 2 is 1.61 bits per heavy atom. The lowest BCUT2D eigenvalue weighted by atomic mass is 10.1. The standard InChI is InChI=1S/C28H32BrN3O4/c1-3-30(4-2)19-22-18-23(29)11-12-25(22)36-20-21-8-5-6-9-24(21)27(33)31-13-15-32(16-14-31)28(34)26-10-7-17-35-26/h5-12,17-18H,3-4,13-16,19-20H2,1-2H3. The van der Waals surface area contributed by atoms with Crippen LogP contribution in [0.25, 0.3) is 0 Å². The highest BCUT2D eigenvalue weighted by Gasteiger charge is 2.27. The smallest absolute Gasteiger partial charge is 0.289 e. The number of nitrogens with zero attached hydrogens (tertiary/aromatic N) is 3. The average Bonchev–Trinajstić information content (AvgIpc) is 3.46. The molecule has 2 heterocycles. The van der Waals surface area contributed by atoms with E-state index in [0.717, 1.165) is 41.0 Å². The first-order valence-corrected chi connectivity index (χ1v) is 13.1. The lowest BCUT2D eigenvalue weighted by Gasteiger charge is -2.34. The van der Waals surface area contributed by atoms with Crippen LogP contribution in [-0.2, 0) is 13.2 Å². The predicted octanol–water partition coefficient (Wildman–Crippen LogP) is 5.06.